The van der Waals surface area contributed by atoms with Crippen molar-refractivity contribution in [3.8, 4) is 5.75 Å². The molecule has 2 aromatic carbocycles. The van der Waals surface area contributed by atoms with E-state index >= 15 is 0 Å². The summed E-state index contributed by atoms with van der Waals surface area (Å²) in [6, 6.07) is 14.7. The number of ether oxygens (including phenoxy) is 1. The lowest BCUT2D eigenvalue weighted by atomic mass is 10.1. The molecule has 0 radical (unpaired) electrons. The predicted octanol–water partition coefficient (Wildman–Crippen LogP) is 3.40. The first kappa shape index (κ1) is 13.4. The molecule has 0 fully saturated rings. The highest BCUT2D eigenvalue weighted by atomic mass is 35.5. The van der Waals surface area contributed by atoms with Gasteiger partial charge in [0.1, 0.15) is 5.75 Å². The monoisotopic (exact) mass is 299 g/mol. The second-order valence-electron chi connectivity index (χ2n) is 4.44. The average molecular weight is 300 g/mol. The summed E-state index contributed by atoms with van der Waals surface area (Å²) in [6.07, 6.45) is 0. The average Bonchev–Trinajstić information content (AvgIpc) is 2.48. The van der Waals surface area contributed by atoms with E-state index in [1.165, 1.54) is 6.07 Å². The molecule has 0 aliphatic heterocycles. The van der Waals surface area contributed by atoms with Gasteiger partial charge >= 0.3 is 5.97 Å². The molecule has 5 heteroatoms. The van der Waals surface area contributed by atoms with E-state index in [0.29, 0.717) is 21.7 Å². The number of H-pyrrole nitrogens is 1. The van der Waals surface area contributed by atoms with Crippen molar-refractivity contribution < 1.29 is 9.53 Å². The molecule has 3 rings (SSSR count). The van der Waals surface area contributed by atoms with Gasteiger partial charge in [-0.05, 0) is 30.3 Å². The van der Waals surface area contributed by atoms with Crippen LogP contribution in [0.5, 0.6) is 5.75 Å². The van der Waals surface area contributed by atoms with Crippen LogP contribution in [0, 0.1) is 0 Å². The van der Waals surface area contributed by atoms with Crippen molar-refractivity contribution in [3.63, 3.8) is 0 Å². The van der Waals surface area contributed by atoms with Crippen LogP contribution < -0.4 is 10.3 Å². The SMILES string of the molecule is O=C(Oc1ccc(Cl)cc1)c1cc(=O)[nH]c2ccccc12. The summed E-state index contributed by atoms with van der Waals surface area (Å²) < 4.78 is 5.27. The number of hydrogen-bond acceptors (Lipinski definition) is 3. The summed E-state index contributed by atoms with van der Waals surface area (Å²) in [5, 5.41) is 1.19. The molecule has 0 aliphatic rings. The number of carbonyl (C=O) groups excluding carboxylic acids is 1. The van der Waals surface area contributed by atoms with E-state index in [-0.39, 0.29) is 11.1 Å². The smallest absolute Gasteiger partial charge is 0.344 e. The molecular weight excluding hydrogens is 290 g/mol. The Kier molecular flexibility index (Phi) is 3.46. The third-order valence-corrected chi connectivity index (χ3v) is 3.25. The number of hydrogen-bond donors (Lipinski definition) is 1. The van der Waals surface area contributed by atoms with E-state index in [9.17, 15) is 9.59 Å². The van der Waals surface area contributed by atoms with Crippen molar-refractivity contribution in [3.05, 3.63) is 75.5 Å². The van der Waals surface area contributed by atoms with Crippen molar-refractivity contribution >= 4 is 28.5 Å². The molecule has 0 bridgehead atoms. The zero-order chi connectivity index (χ0) is 14.8. The fraction of sp³-hybridized carbons (Fsp3) is 0. The lowest BCUT2D eigenvalue weighted by molar-refractivity contribution is 0.0736. The number of rotatable bonds is 2. The normalized spacial score (nSPS) is 10.5. The Morgan fingerprint density at radius 1 is 1.05 bits per heavy atom. The molecule has 0 unspecified atom stereocenters. The van der Waals surface area contributed by atoms with Gasteiger partial charge in [0.25, 0.3) is 0 Å². The molecule has 4 nitrogen and oxygen atoms in total. The van der Waals surface area contributed by atoms with Gasteiger partial charge in [-0.25, -0.2) is 4.79 Å². The Balaban J connectivity index is 2.01. The van der Waals surface area contributed by atoms with Crippen LogP contribution in [-0.4, -0.2) is 11.0 Å². The van der Waals surface area contributed by atoms with Gasteiger partial charge < -0.3 is 9.72 Å². The van der Waals surface area contributed by atoms with E-state index in [1.54, 1.807) is 48.5 Å². The van der Waals surface area contributed by atoms with Gasteiger partial charge in [-0.2, -0.15) is 0 Å². The Bertz CT molecular complexity index is 869. The lowest BCUT2D eigenvalue weighted by Gasteiger charge is -2.07. The van der Waals surface area contributed by atoms with Crippen LogP contribution in [0.15, 0.2) is 59.4 Å². The second-order valence-corrected chi connectivity index (χ2v) is 4.87. The Morgan fingerprint density at radius 2 is 1.76 bits per heavy atom. The number of pyridine rings is 1. The summed E-state index contributed by atoms with van der Waals surface area (Å²) in [5.41, 5.74) is 0.467. The van der Waals surface area contributed by atoms with Crippen LogP contribution in [0.25, 0.3) is 10.9 Å². The van der Waals surface area contributed by atoms with Crippen molar-refractivity contribution in [2.75, 3.05) is 0 Å². The molecule has 21 heavy (non-hydrogen) atoms. The second kappa shape index (κ2) is 5.42. The Morgan fingerprint density at radius 3 is 2.52 bits per heavy atom. The van der Waals surface area contributed by atoms with Gasteiger partial charge in [-0.3, -0.25) is 4.79 Å². The van der Waals surface area contributed by atoms with Gasteiger partial charge in [-0.1, -0.05) is 29.8 Å². The van der Waals surface area contributed by atoms with Gasteiger partial charge in [0, 0.05) is 22.0 Å². The van der Waals surface area contributed by atoms with E-state index < -0.39 is 5.97 Å². The summed E-state index contributed by atoms with van der Waals surface area (Å²) in [5.74, 6) is -0.214. The first-order valence-corrected chi connectivity index (χ1v) is 6.61. The number of aromatic nitrogens is 1. The Labute approximate surface area is 124 Å². The van der Waals surface area contributed by atoms with Crippen molar-refractivity contribution in [1.29, 1.82) is 0 Å². The summed E-state index contributed by atoms with van der Waals surface area (Å²) >= 11 is 5.78. The first-order chi connectivity index (χ1) is 10.1. The van der Waals surface area contributed by atoms with Crippen LogP contribution in [0.1, 0.15) is 10.4 Å². The summed E-state index contributed by atoms with van der Waals surface area (Å²) in [7, 11) is 0. The largest absolute Gasteiger partial charge is 0.423 e. The zero-order valence-corrected chi connectivity index (χ0v) is 11.6. The maximum atomic E-state index is 12.3. The number of benzene rings is 2. The van der Waals surface area contributed by atoms with Crippen molar-refractivity contribution in [2.45, 2.75) is 0 Å². The van der Waals surface area contributed by atoms with Crippen LogP contribution in [0.2, 0.25) is 5.02 Å². The highest BCUT2D eigenvalue weighted by molar-refractivity contribution is 6.30. The standard InChI is InChI=1S/C16H10ClNO3/c17-10-5-7-11(8-6-10)21-16(20)13-9-15(19)18-14-4-2-1-3-12(13)14/h1-9H,(H,18,19). The first-order valence-electron chi connectivity index (χ1n) is 6.23. The molecule has 0 saturated carbocycles. The van der Waals surface area contributed by atoms with Crippen LogP contribution in [-0.2, 0) is 0 Å². The van der Waals surface area contributed by atoms with E-state index in [2.05, 4.69) is 4.98 Å². The molecule has 0 saturated heterocycles. The molecule has 0 atom stereocenters. The molecule has 0 amide bonds. The quantitative estimate of drug-likeness (QED) is 0.583. The molecule has 1 N–H and O–H groups in total. The lowest BCUT2D eigenvalue weighted by Crippen LogP contribution is -2.14. The van der Waals surface area contributed by atoms with Crippen LogP contribution in [0.3, 0.4) is 0 Å². The number of esters is 1. The topological polar surface area (TPSA) is 59.2 Å². The molecular formula is C16H10ClNO3. The van der Waals surface area contributed by atoms with E-state index in [1.807, 2.05) is 0 Å². The third kappa shape index (κ3) is 2.80. The van der Waals surface area contributed by atoms with Crippen LogP contribution in [0.4, 0.5) is 0 Å². The molecule has 0 aliphatic carbocycles. The maximum Gasteiger partial charge on any atom is 0.344 e. The van der Waals surface area contributed by atoms with Gasteiger partial charge in [0.2, 0.25) is 5.56 Å². The van der Waals surface area contributed by atoms with Crippen molar-refractivity contribution in [2.24, 2.45) is 0 Å². The molecule has 104 valence electrons. The highest BCUT2D eigenvalue weighted by Gasteiger charge is 2.13. The fourth-order valence-corrected chi connectivity index (χ4v) is 2.16. The number of nitrogens with one attached hydrogen (secondary N) is 1. The minimum atomic E-state index is -0.584. The fourth-order valence-electron chi connectivity index (χ4n) is 2.04. The number of carbonyl (C=O) groups is 1. The predicted molar refractivity (Wildman–Crippen MR) is 81.0 cm³/mol. The maximum absolute atomic E-state index is 12.3. The summed E-state index contributed by atoms with van der Waals surface area (Å²) in [6.45, 7) is 0. The van der Waals surface area contributed by atoms with Gasteiger partial charge in [-0.15, -0.1) is 0 Å². The Hall–Kier alpha value is -2.59. The molecule has 3 aromatic rings. The van der Waals surface area contributed by atoms with E-state index in [0.717, 1.165) is 0 Å². The van der Waals surface area contributed by atoms with E-state index in [4.69, 9.17) is 16.3 Å². The van der Waals surface area contributed by atoms with Gasteiger partial charge in [0.05, 0.1) is 5.56 Å². The molecule has 1 aromatic heterocycles. The minimum absolute atomic E-state index is 0.226. The minimum Gasteiger partial charge on any atom is -0.423 e. The number of halogens is 1. The molecule has 0 spiro atoms. The third-order valence-electron chi connectivity index (χ3n) is 2.99. The van der Waals surface area contributed by atoms with Gasteiger partial charge in [0.15, 0.2) is 0 Å². The van der Waals surface area contributed by atoms with Crippen molar-refractivity contribution in [1.82, 2.24) is 4.98 Å². The number of fused-ring (bicyclic) bond motifs is 1. The molecule has 1 heterocycles. The highest BCUT2D eigenvalue weighted by Crippen LogP contribution is 2.19. The number of para-hydroxylation sites is 1. The summed E-state index contributed by atoms with van der Waals surface area (Å²) in [4.78, 5) is 26.6. The van der Waals surface area contributed by atoms with Crippen LogP contribution >= 0.6 is 11.6 Å². The zero-order valence-electron chi connectivity index (χ0n) is 10.8. The number of aromatic amines is 1.